The molecular formula is C15H31N3O2S. The highest BCUT2D eigenvalue weighted by atomic mass is 32.2. The van der Waals surface area contributed by atoms with Crippen LogP contribution in [0, 0.1) is 5.92 Å². The first-order valence-electron chi connectivity index (χ1n) is 8.49. The molecule has 1 unspecified atom stereocenters. The second kappa shape index (κ2) is 7.90. The SMILES string of the molecule is CCCNCC1CCCCN1S(=O)(=O)N(C)CC1CCC1. The summed E-state index contributed by atoms with van der Waals surface area (Å²) in [7, 11) is -1.54. The van der Waals surface area contributed by atoms with Gasteiger partial charge in [0.1, 0.15) is 0 Å². The van der Waals surface area contributed by atoms with E-state index in [2.05, 4.69) is 12.2 Å². The quantitative estimate of drug-likeness (QED) is 0.695. The Kier molecular flexibility index (Phi) is 6.47. The number of piperidine rings is 1. The molecule has 5 nitrogen and oxygen atoms in total. The molecule has 2 rings (SSSR count). The molecule has 0 spiro atoms. The van der Waals surface area contributed by atoms with Crippen molar-refractivity contribution in [1.82, 2.24) is 13.9 Å². The zero-order valence-corrected chi connectivity index (χ0v) is 14.4. The average molecular weight is 317 g/mol. The standard InChI is InChI=1S/C15H31N3O2S/c1-3-10-16-12-15-9-4-5-11-18(15)21(19,20)17(2)13-14-7-6-8-14/h14-16H,3-13H2,1-2H3. The van der Waals surface area contributed by atoms with E-state index >= 15 is 0 Å². The molecule has 0 radical (unpaired) electrons. The third-order valence-corrected chi connectivity index (χ3v) is 6.82. The third-order valence-electron chi connectivity index (χ3n) is 4.81. The van der Waals surface area contributed by atoms with E-state index in [1.807, 2.05) is 0 Å². The lowest BCUT2D eigenvalue weighted by atomic mass is 9.86. The van der Waals surface area contributed by atoms with E-state index in [1.54, 1.807) is 15.7 Å². The van der Waals surface area contributed by atoms with Gasteiger partial charge >= 0.3 is 0 Å². The summed E-state index contributed by atoms with van der Waals surface area (Å²) in [5, 5.41) is 3.38. The smallest absolute Gasteiger partial charge is 0.282 e. The van der Waals surface area contributed by atoms with Crippen LogP contribution in [0.25, 0.3) is 0 Å². The number of hydrogen-bond donors (Lipinski definition) is 1. The maximum Gasteiger partial charge on any atom is 0.282 e. The van der Waals surface area contributed by atoms with Crippen LogP contribution in [0.2, 0.25) is 0 Å². The van der Waals surface area contributed by atoms with E-state index in [0.717, 1.165) is 38.8 Å². The molecular weight excluding hydrogens is 286 g/mol. The van der Waals surface area contributed by atoms with Crippen molar-refractivity contribution in [3.8, 4) is 0 Å². The van der Waals surface area contributed by atoms with Crippen molar-refractivity contribution in [3.63, 3.8) is 0 Å². The highest BCUT2D eigenvalue weighted by Crippen LogP contribution is 2.29. The molecule has 0 aromatic carbocycles. The molecule has 1 saturated carbocycles. The van der Waals surface area contributed by atoms with E-state index in [4.69, 9.17) is 0 Å². The van der Waals surface area contributed by atoms with Crippen LogP contribution in [0.5, 0.6) is 0 Å². The van der Waals surface area contributed by atoms with Crippen molar-refractivity contribution in [3.05, 3.63) is 0 Å². The lowest BCUT2D eigenvalue weighted by Gasteiger charge is -2.38. The van der Waals surface area contributed by atoms with E-state index in [-0.39, 0.29) is 6.04 Å². The summed E-state index contributed by atoms with van der Waals surface area (Å²) in [6, 6.07) is 0.124. The van der Waals surface area contributed by atoms with Crippen molar-refractivity contribution in [2.24, 2.45) is 5.92 Å². The maximum absolute atomic E-state index is 12.8. The second-order valence-electron chi connectivity index (χ2n) is 6.55. The minimum absolute atomic E-state index is 0.124. The Bertz CT molecular complexity index is 409. The lowest BCUT2D eigenvalue weighted by Crippen LogP contribution is -2.53. The molecule has 2 aliphatic rings. The molecule has 1 aliphatic heterocycles. The van der Waals surface area contributed by atoms with Crippen LogP contribution in [-0.4, -0.2) is 56.3 Å². The summed E-state index contributed by atoms with van der Waals surface area (Å²) in [4.78, 5) is 0. The Morgan fingerprint density at radius 2 is 1.95 bits per heavy atom. The minimum Gasteiger partial charge on any atom is -0.315 e. The van der Waals surface area contributed by atoms with Crippen LogP contribution < -0.4 is 5.32 Å². The summed E-state index contributed by atoms with van der Waals surface area (Å²) in [5.74, 6) is 0.575. The van der Waals surface area contributed by atoms with Crippen molar-refractivity contribution in [1.29, 1.82) is 0 Å². The van der Waals surface area contributed by atoms with Gasteiger partial charge in [0.05, 0.1) is 0 Å². The zero-order chi connectivity index (χ0) is 15.3. The first-order valence-corrected chi connectivity index (χ1v) is 9.89. The number of nitrogens with one attached hydrogen (secondary N) is 1. The molecule has 1 atom stereocenters. The van der Waals surface area contributed by atoms with Gasteiger partial charge in [-0.15, -0.1) is 0 Å². The summed E-state index contributed by atoms with van der Waals surface area (Å²) in [6.07, 6.45) is 7.81. The second-order valence-corrected chi connectivity index (χ2v) is 8.54. The first-order chi connectivity index (χ1) is 10.1. The fourth-order valence-corrected chi connectivity index (χ4v) is 4.91. The Balaban J connectivity index is 1.96. The van der Waals surface area contributed by atoms with E-state index < -0.39 is 10.2 Å². The number of rotatable bonds is 8. The summed E-state index contributed by atoms with van der Waals surface area (Å²) < 4.78 is 29.0. The Hall–Kier alpha value is -0.170. The molecule has 2 fully saturated rings. The number of hydrogen-bond acceptors (Lipinski definition) is 3. The van der Waals surface area contributed by atoms with Crippen LogP contribution in [0.1, 0.15) is 51.9 Å². The predicted molar refractivity (Wildman–Crippen MR) is 86.4 cm³/mol. The molecule has 1 aliphatic carbocycles. The molecule has 124 valence electrons. The van der Waals surface area contributed by atoms with Gasteiger partial charge in [-0.1, -0.05) is 19.8 Å². The van der Waals surface area contributed by atoms with Gasteiger partial charge in [-0.3, -0.25) is 0 Å². The predicted octanol–water partition coefficient (Wildman–Crippen LogP) is 1.82. The van der Waals surface area contributed by atoms with Crippen molar-refractivity contribution in [2.75, 3.05) is 33.2 Å². The van der Waals surface area contributed by atoms with E-state index in [1.165, 1.54) is 19.3 Å². The third kappa shape index (κ3) is 4.41. The normalized spacial score (nSPS) is 25.2. The minimum atomic E-state index is -3.29. The molecule has 1 heterocycles. The fraction of sp³-hybridized carbons (Fsp3) is 1.00. The Morgan fingerprint density at radius 1 is 1.19 bits per heavy atom. The van der Waals surface area contributed by atoms with Gasteiger partial charge in [0.2, 0.25) is 0 Å². The topological polar surface area (TPSA) is 52.7 Å². The molecule has 0 bridgehead atoms. The first kappa shape index (κ1) is 17.2. The lowest BCUT2D eigenvalue weighted by molar-refractivity contribution is 0.213. The summed E-state index contributed by atoms with van der Waals surface area (Å²) in [5.41, 5.74) is 0. The van der Waals surface area contributed by atoms with E-state index in [0.29, 0.717) is 19.0 Å². The summed E-state index contributed by atoms with van der Waals surface area (Å²) >= 11 is 0. The molecule has 21 heavy (non-hydrogen) atoms. The van der Waals surface area contributed by atoms with Crippen LogP contribution in [0.3, 0.4) is 0 Å². The van der Waals surface area contributed by atoms with Crippen LogP contribution in [0.15, 0.2) is 0 Å². The maximum atomic E-state index is 12.8. The van der Waals surface area contributed by atoms with Gasteiger partial charge in [-0.25, -0.2) is 0 Å². The molecule has 6 heteroatoms. The average Bonchev–Trinajstić information content (AvgIpc) is 2.43. The van der Waals surface area contributed by atoms with Gasteiger partial charge in [0.25, 0.3) is 10.2 Å². The Morgan fingerprint density at radius 3 is 2.57 bits per heavy atom. The zero-order valence-electron chi connectivity index (χ0n) is 13.6. The highest BCUT2D eigenvalue weighted by Gasteiger charge is 2.36. The molecule has 1 N–H and O–H groups in total. The largest absolute Gasteiger partial charge is 0.315 e. The van der Waals surface area contributed by atoms with Gasteiger partial charge in [0.15, 0.2) is 0 Å². The molecule has 1 saturated heterocycles. The molecule has 0 aromatic rings. The van der Waals surface area contributed by atoms with Crippen molar-refractivity contribution >= 4 is 10.2 Å². The van der Waals surface area contributed by atoms with Gasteiger partial charge < -0.3 is 5.32 Å². The fourth-order valence-electron chi connectivity index (χ4n) is 3.24. The number of nitrogens with zero attached hydrogens (tertiary/aromatic N) is 2. The Labute approximate surface area is 130 Å². The highest BCUT2D eigenvalue weighted by molar-refractivity contribution is 7.86. The summed E-state index contributed by atoms with van der Waals surface area (Å²) in [6.45, 7) is 5.24. The van der Waals surface area contributed by atoms with Crippen molar-refractivity contribution < 1.29 is 8.42 Å². The van der Waals surface area contributed by atoms with Crippen LogP contribution in [0.4, 0.5) is 0 Å². The van der Waals surface area contributed by atoms with Gasteiger partial charge in [-0.2, -0.15) is 17.0 Å². The van der Waals surface area contributed by atoms with Gasteiger partial charge in [0, 0.05) is 32.7 Å². The monoisotopic (exact) mass is 317 g/mol. The van der Waals surface area contributed by atoms with Crippen molar-refractivity contribution in [2.45, 2.75) is 57.9 Å². The van der Waals surface area contributed by atoms with E-state index in [9.17, 15) is 8.42 Å². The molecule has 0 aromatic heterocycles. The van der Waals surface area contributed by atoms with Gasteiger partial charge in [-0.05, 0) is 44.6 Å². The molecule has 0 amide bonds. The van der Waals surface area contributed by atoms with Crippen LogP contribution in [-0.2, 0) is 10.2 Å². The van der Waals surface area contributed by atoms with Crippen LogP contribution >= 0.6 is 0 Å².